The summed E-state index contributed by atoms with van der Waals surface area (Å²) in [6.45, 7) is 2.50. The first-order chi connectivity index (χ1) is 8.66. The van der Waals surface area contributed by atoms with Gasteiger partial charge < -0.3 is 16.0 Å². The second-order valence-electron chi connectivity index (χ2n) is 5.44. The summed E-state index contributed by atoms with van der Waals surface area (Å²) >= 11 is 0. The van der Waals surface area contributed by atoms with Gasteiger partial charge in [-0.15, -0.1) is 0 Å². The molecule has 0 aromatic heterocycles. The Labute approximate surface area is 108 Å². The molecule has 0 aromatic rings. The number of amides is 2. The molecule has 0 aliphatic carbocycles. The molecule has 0 bridgehead atoms. The average molecular weight is 253 g/mol. The van der Waals surface area contributed by atoms with Crippen molar-refractivity contribution < 1.29 is 9.59 Å². The quantitative estimate of drug-likeness (QED) is 0.756. The van der Waals surface area contributed by atoms with Gasteiger partial charge in [0.1, 0.15) is 0 Å². The van der Waals surface area contributed by atoms with E-state index < -0.39 is 0 Å². The number of hydrogen-bond acceptors (Lipinski definition) is 3. The highest BCUT2D eigenvalue weighted by molar-refractivity contribution is 5.82. The number of nitrogens with zero attached hydrogens (tertiary/aromatic N) is 1. The van der Waals surface area contributed by atoms with Crippen LogP contribution in [0.15, 0.2) is 0 Å². The molecule has 0 saturated carbocycles. The molecule has 2 rings (SSSR count). The molecule has 1 atom stereocenters. The molecule has 0 spiro atoms. The molecule has 2 saturated heterocycles. The van der Waals surface area contributed by atoms with E-state index in [9.17, 15) is 9.59 Å². The highest BCUT2D eigenvalue weighted by atomic mass is 16.2. The number of carbonyl (C=O) groups excluding carboxylic acids is 2. The lowest BCUT2D eigenvalue weighted by molar-refractivity contribution is -0.135. The molecule has 2 amide bonds. The van der Waals surface area contributed by atoms with E-state index in [0.29, 0.717) is 12.3 Å². The maximum atomic E-state index is 12.3. The summed E-state index contributed by atoms with van der Waals surface area (Å²) in [5.74, 6) is 0.381. The Kier molecular flexibility index (Phi) is 4.58. The van der Waals surface area contributed by atoms with Gasteiger partial charge in [0.25, 0.3) is 0 Å². The lowest BCUT2D eigenvalue weighted by Gasteiger charge is -2.35. The van der Waals surface area contributed by atoms with Crippen LogP contribution in [-0.2, 0) is 9.59 Å². The molecular weight excluding hydrogens is 230 g/mol. The van der Waals surface area contributed by atoms with Crippen molar-refractivity contribution in [2.75, 3.05) is 19.6 Å². The number of primary amides is 1. The number of hydrogen-bond donors (Lipinski definition) is 2. The third-order valence-electron chi connectivity index (χ3n) is 4.02. The van der Waals surface area contributed by atoms with Crippen molar-refractivity contribution in [3.8, 4) is 0 Å². The maximum Gasteiger partial charge on any atom is 0.239 e. The maximum absolute atomic E-state index is 12.3. The minimum atomic E-state index is -0.228. The molecule has 2 heterocycles. The zero-order chi connectivity index (χ0) is 13.0. The highest BCUT2D eigenvalue weighted by Crippen LogP contribution is 2.21. The van der Waals surface area contributed by atoms with Crippen molar-refractivity contribution in [1.29, 1.82) is 0 Å². The first-order valence-corrected chi connectivity index (χ1v) is 6.97. The van der Waals surface area contributed by atoms with Crippen LogP contribution >= 0.6 is 0 Å². The summed E-state index contributed by atoms with van der Waals surface area (Å²) in [5, 5.41) is 3.29. The van der Waals surface area contributed by atoms with Crippen LogP contribution in [0.3, 0.4) is 0 Å². The largest absolute Gasteiger partial charge is 0.370 e. The van der Waals surface area contributed by atoms with Crippen LogP contribution in [0, 0.1) is 5.92 Å². The molecule has 5 heteroatoms. The Balaban J connectivity index is 1.78. The minimum Gasteiger partial charge on any atom is -0.370 e. The first kappa shape index (κ1) is 13.3. The zero-order valence-electron chi connectivity index (χ0n) is 10.9. The van der Waals surface area contributed by atoms with Crippen LogP contribution in [0.5, 0.6) is 0 Å². The Morgan fingerprint density at radius 2 is 1.89 bits per heavy atom. The fourth-order valence-electron chi connectivity index (χ4n) is 2.92. The van der Waals surface area contributed by atoms with Crippen molar-refractivity contribution in [3.63, 3.8) is 0 Å². The van der Waals surface area contributed by atoms with Crippen molar-refractivity contribution in [2.45, 2.75) is 44.6 Å². The zero-order valence-corrected chi connectivity index (χ0v) is 10.9. The van der Waals surface area contributed by atoms with Gasteiger partial charge in [-0.2, -0.15) is 0 Å². The lowest BCUT2D eigenvalue weighted by Crippen LogP contribution is -2.50. The van der Waals surface area contributed by atoms with Gasteiger partial charge in [-0.3, -0.25) is 9.59 Å². The van der Waals surface area contributed by atoms with Gasteiger partial charge in [-0.1, -0.05) is 6.42 Å². The molecule has 5 nitrogen and oxygen atoms in total. The molecule has 2 aliphatic rings. The van der Waals surface area contributed by atoms with Crippen LogP contribution < -0.4 is 11.1 Å². The van der Waals surface area contributed by atoms with Gasteiger partial charge >= 0.3 is 0 Å². The fourth-order valence-corrected chi connectivity index (χ4v) is 2.92. The first-order valence-electron chi connectivity index (χ1n) is 6.97. The normalized spacial score (nSPS) is 26.0. The highest BCUT2D eigenvalue weighted by Gasteiger charge is 2.29. The van der Waals surface area contributed by atoms with E-state index in [1.54, 1.807) is 0 Å². The summed E-state index contributed by atoms with van der Waals surface area (Å²) in [5.41, 5.74) is 5.21. The van der Waals surface area contributed by atoms with Crippen LogP contribution in [0.2, 0.25) is 0 Å². The molecule has 3 N–H and O–H groups in total. The lowest BCUT2D eigenvalue weighted by atomic mass is 9.92. The third-order valence-corrected chi connectivity index (χ3v) is 4.02. The molecule has 102 valence electrons. The summed E-state index contributed by atoms with van der Waals surface area (Å²) in [7, 11) is 0. The van der Waals surface area contributed by atoms with Crippen molar-refractivity contribution in [3.05, 3.63) is 0 Å². The van der Waals surface area contributed by atoms with Gasteiger partial charge in [-0.25, -0.2) is 0 Å². The second-order valence-corrected chi connectivity index (χ2v) is 5.44. The summed E-state index contributed by atoms with van der Waals surface area (Å²) < 4.78 is 0. The number of nitrogens with one attached hydrogen (secondary N) is 1. The second kappa shape index (κ2) is 6.18. The third kappa shape index (κ3) is 3.45. The summed E-state index contributed by atoms with van der Waals surface area (Å²) in [6.07, 6.45) is 5.54. The number of carbonyl (C=O) groups is 2. The van der Waals surface area contributed by atoms with Crippen molar-refractivity contribution in [2.24, 2.45) is 11.7 Å². The van der Waals surface area contributed by atoms with E-state index in [1.807, 2.05) is 4.90 Å². The van der Waals surface area contributed by atoms with Gasteiger partial charge in [0.05, 0.1) is 6.04 Å². The number of nitrogens with two attached hydrogens (primary N) is 1. The summed E-state index contributed by atoms with van der Waals surface area (Å²) in [4.78, 5) is 25.1. The van der Waals surface area contributed by atoms with Crippen molar-refractivity contribution >= 4 is 11.8 Å². The van der Waals surface area contributed by atoms with Gasteiger partial charge in [0.15, 0.2) is 0 Å². The molecule has 0 radical (unpaired) electrons. The molecule has 0 unspecified atom stereocenters. The smallest absolute Gasteiger partial charge is 0.239 e. The fraction of sp³-hybridized carbons (Fsp3) is 0.846. The van der Waals surface area contributed by atoms with Crippen LogP contribution in [0.1, 0.15) is 38.5 Å². The van der Waals surface area contributed by atoms with Crippen LogP contribution in [0.25, 0.3) is 0 Å². The minimum absolute atomic E-state index is 0.0199. The standard InChI is InChI=1S/C13H23N3O2/c14-12(17)9-10-4-7-16(8-5-10)13(18)11-3-1-2-6-15-11/h10-11,15H,1-9H2,(H2,14,17)/t11-/m1/s1. The van der Waals surface area contributed by atoms with Gasteiger partial charge in [0, 0.05) is 19.5 Å². The predicted octanol–water partition coefficient (Wildman–Crippen LogP) is 0.242. The van der Waals surface area contributed by atoms with E-state index in [2.05, 4.69) is 5.32 Å². The monoisotopic (exact) mass is 253 g/mol. The topological polar surface area (TPSA) is 75.4 Å². The Morgan fingerprint density at radius 1 is 1.17 bits per heavy atom. The molecule has 0 aromatic carbocycles. The Bertz CT molecular complexity index is 305. The Morgan fingerprint density at radius 3 is 2.44 bits per heavy atom. The summed E-state index contributed by atoms with van der Waals surface area (Å²) in [6, 6.07) is 0.0199. The van der Waals surface area contributed by atoms with E-state index in [4.69, 9.17) is 5.73 Å². The molecule has 2 aliphatic heterocycles. The number of piperidine rings is 2. The molecule has 18 heavy (non-hydrogen) atoms. The molecule has 2 fully saturated rings. The number of rotatable bonds is 3. The van der Waals surface area contributed by atoms with E-state index in [1.165, 1.54) is 6.42 Å². The number of likely N-dealkylation sites (tertiary alicyclic amines) is 1. The Hall–Kier alpha value is -1.10. The average Bonchev–Trinajstić information content (AvgIpc) is 2.39. The van der Waals surface area contributed by atoms with E-state index in [-0.39, 0.29) is 17.9 Å². The molecular formula is C13H23N3O2. The van der Waals surface area contributed by atoms with Crippen molar-refractivity contribution in [1.82, 2.24) is 10.2 Å². The van der Waals surface area contributed by atoms with Crippen LogP contribution in [0.4, 0.5) is 0 Å². The SMILES string of the molecule is NC(=O)CC1CCN(C(=O)[C@H]2CCCCN2)CC1. The van der Waals surface area contributed by atoms with E-state index in [0.717, 1.165) is 45.3 Å². The van der Waals surface area contributed by atoms with Gasteiger partial charge in [0.2, 0.25) is 11.8 Å². The van der Waals surface area contributed by atoms with Crippen LogP contribution in [-0.4, -0.2) is 42.4 Å². The van der Waals surface area contributed by atoms with E-state index >= 15 is 0 Å². The predicted molar refractivity (Wildman–Crippen MR) is 68.8 cm³/mol. The van der Waals surface area contributed by atoms with Gasteiger partial charge in [-0.05, 0) is 38.1 Å².